The van der Waals surface area contributed by atoms with Gasteiger partial charge in [0.1, 0.15) is 0 Å². The van der Waals surface area contributed by atoms with Gasteiger partial charge in [0, 0.05) is 24.1 Å². The van der Waals surface area contributed by atoms with E-state index in [0.29, 0.717) is 16.3 Å². The predicted octanol–water partition coefficient (Wildman–Crippen LogP) is 3.29. The van der Waals surface area contributed by atoms with Crippen LogP contribution in [0.15, 0.2) is 47.5 Å². The molecule has 0 atom stereocenters. The molecule has 2 aromatic rings. The second kappa shape index (κ2) is 6.75. The molecule has 0 saturated heterocycles. The van der Waals surface area contributed by atoms with Crippen LogP contribution in [0.5, 0.6) is 0 Å². The topological polar surface area (TPSA) is 50.3 Å². The van der Waals surface area contributed by atoms with Crippen LogP contribution in [0.4, 0.5) is 0 Å². The molecule has 0 unspecified atom stereocenters. The lowest BCUT2D eigenvalue weighted by Gasteiger charge is -2.17. The Labute approximate surface area is 134 Å². The Morgan fingerprint density at radius 3 is 2.57 bits per heavy atom. The summed E-state index contributed by atoms with van der Waals surface area (Å²) in [6, 6.07) is 9.92. The Balaban J connectivity index is 2.27. The van der Waals surface area contributed by atoms with Gasteiger partial charge in [-0.25, -0.2) is 8.42 Å². The summed E-state index contributed by atoms with van der Waals surface area (Å²) in [5, 5.41) is 0.345. The predicted molar refractivity (Wildman–Crippen MR) is 83.9 cm³/mol. The molecule has 0 aliphatic carbocycles. The van der Waals surface area contributed by atoms with E-state index in [2.05, 4.69) is 4.98 Å². The van der Waals surface area contributed by atoms with Crippen LogP contribution in [-0.4, -0.2) is 24.8 Å². The molecule has 2 rings (SSSR count). The summed E-state index contributed by atoms with van der Waals surface area (Å²) in [6.45, 7) is 0.193. The van der Waals surface area contributed by atoms with Gasteiger partial charge in [-0.1, -0.05) is 23.7 Å². The standard InChI is InChI=1S/C14H14Cl2N2O2S/c1-18(10-12-4-2-3-7-17-12)21(19,20)13-6-5-11(9-15)14(16)8-13/h2-8H,9-10H2,1H3. The first-order chi connectivity index (χ1) is 9.95. The van der Waals surface area contributed by atoms with E-state index >= 15 is 0 Å². The Morgan fingerprint density at radius 2 is 2.00 bits per heavy atom. The largest absolute Gasteiger partial charge is 0.260 e. The minimum Gasteiger partial charge on any atom is -0.260 e. The molecule has 1 aromatic heterocycles. The highest BCUT2D eigenvalue weighted by Crippen LogP contribution is 2.24. The highest BCUT2D eigenvalue weighted by molar-refractivity contribution is 7.89. The van der Waals surface area contributed by atoms with Crippen molar-refractivity contribution in [3.63, 3.8) is 0 Å². The van der Waals surface area contributed by atoms with E-state index < -0.39 is 10.0 Å². The smallest absolute Gasteiger partial charge is 0.243 e. The number of pyridine rings is 1. The fourth-order valence-electron chi connectivity index (χ4n) is 1.78. The number of aromatic nitrogens is 1. The number of sulfonamides is 1. The van der Waals surface area contributed by atoms with Crippen molar-refractivity contribution in [3.05, 3.63) is 58.9 Å². The summed E-state index contributed by atoms with van der Waals surface area (Å²) in [6.07, 6.45) is 1.63. The first-order valence-electron chi connectivity index (χ1n) is 6.16. The summed E-state index contributed by atoms with van der Waals surface area (Å²) < 4.78 is 26.2. The van der Waals surface area contributed by atoms with Gasteiger partial charge in [-0.05, 0) is 29.8 Å². The molecule has 7 heteroatoms. The molecular formula is C14H14Cl2N2O2S. The van der Waals surface area contributed by atoms with Crippen molar-refractivity contribution in [1.82, 2.24) is 9.29 Å². The van der Waals surface area contributed by atoms with Crippen LogP contribution >= 0.6 is 23.2 Å². The molecule has 0 N–H and O–H groups in total. The maximum absolute atomic E-state index is 12.5. The zero-order valence-electron chi connectivity index (χ0n) is 11.3. The number of hydrogen-bond donors (Lipinski definition) is 0. The van der Waals surface area contributed by atoms with E-state index in [1.165, 1.54) is 23.5 Å². The van der Waals surface area contributed by atoms with E-state index in [1.54, 1.807) is 24.4 Å². The molecular weight excluding hydrogens is 331 g/mol. The number of rotatable bonds is 5. The fraction of sp³-hybridized carbons (Fsp3) is 0.214. The van der Waals surface area contributed by atoms with Crippen molar-refractivity contribution in [1.29, 1.82) is 0 Å². The highest BCUT2D eigenvalue weighted by atomic mass is 35.5. The van der Waals surface area contributed by atoms with Gasteiger partial charge in [0.15, 0.2) is 0 Å². The quantitative estimate of drug-likeness (QED) is 0.782. The van der Waals surface area contributed by atoms with Gasteiger partial charge in [-0.3, -0.25) is 4.98 Å². The lowest BCUT2D eigenvalue weighted by molar-refractivity contribution is 0.462. The molecule has 0 saturated carbocycles. The van der Waals surface area contributed by atoms with Crippen molar-refractivity contribution < 1.29 is 8.42 Å². The molecule has 0 fully saturated rings. The summed E-state index contributed by atoms with van der Waals surface area (Å²) in [4.78, 5) is 4.26. The van der Waals surface area contributed by atoms with Crippen LogP contribution in [0.2, 0.25) is 5.02 Å². The molecule has 0 amide bonds. The molecule has 0 aliphatic rings. The van der Waals surface area contributed by atoms with E-state index in [0.717, 1.165) is 0 Å². The molecule has 112 valence electrons. The molecule has 4 nitrogen and oxygen atoms in total. The summed E-state index contributed by atoms with van der Waals surface area (Å²) in [5.74, 6) is 0.239. The third kappa shape index (κ3) is 3.74. The fourth-order valence-corrected chi connectivity index (χ4v) is 3.56. The maximum Gasteiger partial charge on any atom is 0.243 e. The van der Waals surface area contributed by atoms with Gasteiger partial charge in [-0.15, -0.1) is 11.6 Å². The van der Waals surface area contributed by atoms with Crippen LogP contribution in [0, 0.1) is 0 Å². The van der Waals surface area contributed by atoms with Crippen LogP contribution < -0.4 is 0 Å². The number of benzene rings is 1. The van der Waals surface area contributed by atoms with Crippen LogP contribution in [0.3, 0.4) is 0 Å². The lowest BCUT2D eigenvalue weighted by Crippen LogP contribution is -2.26. The first kappa shape index (κ1) is 16.2. The van der Waals surface area contributed by atoms with Crippen LogP contribution in [0.1, 0.15) is 11.3 Å². The average Bonchev–Trinajstić information content (AvgIpc) is 2.48. The molecule has 0 bridgehead atoms. The number of halogens is 2. The lowest BCUT2D eigenvalue weighted by atomic mass is 10.2. The normalized spacial score (nSPS) is 11.8. The number of nitrogens with zero attached hydrogens (tertiary/aromatic N) is 2. The SMILES string of the molecule is CN(Cc1ccccn1)S(=O)(=O)c1ccc(CCl)c(Cl)c1. The third-order valence-corrected chi connectivity index (χ3v) is 5.43. The summed E-state index contributed by atoms with van der Waals surface area (Å²) in [5.41, 5.74) is 1.37. The Kier molecular flexibility index (Phi) is 5.22. The zero-order chi connectivity index (χ0) is 15.5. The second-order valence-corrected chi connectivity index (χ2v) is 7.19. The van der Waals surface area contributed by atoms with E-state index in [-0.39, 0.29) is 17.3 Å². The van der Waals surface area contributed by atoms with Crippen molar-refractivity contribution in [2.45, 2.75) is 17.3 Å². The van der Waals surface area contributed by atoms with Crippen molar-refractivity contribution in [2.24, 2.45) is 0 Å². The molecule has 0 aliphatic heterocycles. The zero-order valence-corrected chi connectivity index (χ0v) is 13.7. The van der Waals surface area contributed by atoms with Crippen molar-refractivity contribution in [2.75, 3.05) is 7.05 Å². The molecule has 21 heavy (non-hydrogen) atoms. The molecule has 0 radical (unpaired) electrons. The number of hydrogen-bond acceptors (Lipinski definition) is 3. The Morgan fingerprint density at radius 1 is 1.24 bits per heavy atom. The second-order valence-electron chi connectivity index (χ2n) is 4.47. The summed E-state index contributed by atoms with van der Waals surface area (Å²) in [7, 11) is -2.11. The Hall–Kier alpha value is -1.14. The average molecular weight is 345 g/mol. The van der Waals surface area contributed by atoms with E-state index in [1.807, 2.05) is 6.07 Å². The van der Waals surface area contributed by atoms with E-state index in [9.17, 15) is 8.42 Å². The van der Waals surface area contributed by atoms with Gasteiger partial charge in [0.05, 0.1) is 17.1 Å². The summed E-state index contributed by atoms with van der Waals surface area (Å²) >= 11 is 11.7. The van der Waals surface area contributed by atoms with Gasteiger partial charge in [-0.2, -0.15) is 4.31 Å². The van der Waals surface area contributed by atoms with Crippen molar-refractivity contribution in [3.8, 4) is 0 Å². The van der Waals surface area contributed by atoms with E-state index in [4.69, 9.17) is 23.2 Å². The third-order valence-electron chi connectivity index (χ3n) is 2.99. The molecule has 1 heterocycles. The van der Waals surface area contributed by atoms with Gasteiger partial charge >= 0.3 is 0 Å². The minimum absolute atomic E-state index is 0.139. The monoisotopic (exact) mass is 344 g/mol. The minimum atomic E-state index is -3.62. The first-order valence-corrected chi connectivity index (χ1v) is 8.51. The van der Waals surface area contributed by atoms with Crippen molar-refractivity contribution >= 4 is 33.2 Å². The maximum atomic E-state index is 12.5. The van der Waals surface area contributed by atoms with Gasteiger partial charge in [0.25, 0.3) is 0 Å². The number of alkyl halides is 1. The van der Waals surface area contributed by atoms with Crippen LogP contribution in [0.25, 0.3) is 0 Å². The van der Waals surface area contributed by atoms with Gasteiger partial charge in [0.2, 0.25) is 10.0 Å². The highest BCUT2D eigenvalue weighted by Gasteiger charge is 2.22. The van der Waals surface area contributed by atoms with Gasteiger partial charge < -0.3 is 0 Å². The molecule has 0 spiro atoms. The Bertz CT molecular complexity index is 721. The van der Waals surface area contributed by atoms with Crippen LogP contribution in [-0.2, 0) is 22.4 Å². The molecule has 1 aromatic carbocycles.